The van der Waals surface area contributed by atoms with Crippen molar-refractivity contribution >= 4 is 66.7 Å². The average molecular weight is 581 g/mol. The largest absolute Gasteiger partial charge is 0.422 e. The highest BCUT2D eigenvalue weighted by Gasteiger charge is 2.17. The molecule has 0 saturated carbocycles. The highest BCUT2D eigenvalue weighted by molar-refractivity contribution is 6.12. The fraction of sp³-hybridized carbons (Fsp3) is 0.0556. The van der Waals surface area contributed by atoms with Crippen LogP contribution in [0.3, 0.4) is 0 Å². The summed E-state index contributed by atoms with van der Waals surface area (Å²) in [6.45, 7) is 3.99. The molecule has 2 aromatic heterocycles. The standard InChI is InChI=1S/C36H24N2O6/c1-19-3-11-25-21(15-19)5-13-31-27(25)17-29(35(41)43-31)33(39)37-23-7-9-24(10-8-23)38-34(40)30-18-28-26-12-4-20(2)16-22(26)6-14-32(28)44-36(30)42/h3-18H,1-2H3,(H,37,39)(H,38,40). The Bertz CT molecular complexity index is 2270. The van der Waals surface area contributed by atoms with Crippen molar-refractivity contribution in [3.8, 4) is 0 Å². The molecule has 7 aromatic rings. The molecular weight excluding hydrogens is 556 g/mol. The summed E-state index contributed by atoms with van der Waals surface area (Å²) in [7, 11) is 0. The Balaban J connectivity index is 1.12. The van der Waals surface area contributed by atoms with Crippen molar-refractivity contribution in [2.75, 3.05) is 10.6 Å². The Kier molecular flexibility index (Phi) is 6.32. The van der Waals surface area contributed by atoms with Crippen molar-refractivity contribution in [2.45, 2.75) is 13.8 Å². The first-order valence-electron chi connectivity index (χ1n) is 13.9. The minimum Gasteiger partial charge on any atom is -0.422 e. The van der Waals surface area contributed by atoms with Crippen LogP contribution >= 0.6 is 0 Å². The number of hydrogen-bond acceptors (Lipinski definition) is 6. The fourth-order valence-corrected chi connectivity index (χ4v) is 5.45. The second kappa shape index (κ2) is 10.4. The van der Waals surface area contributed by atoms with E-state index in [-0.39, 0.29) is 11.1 Å². The van der Waals surface area contributed by atoms with E-state index in [1.807, 2.05) is 62.4 Å². The van der Waals surface area contributed by atoms with Crippen LogP contribution in [0.15, 0.2) is 115 Å². The van der Waals surface area contributed by atoms with Gasteiger partial charge in [-0.25, -0.2) is 9.59 Å². The van der Waals surface area contributed by atoms with E-state index in [4.69, 9.17) is 8.83 Å². The van der Waals surface area contributed by atoms with Gasteiger partial charge in [-0.05, 0) is 83.9 Å². The number of amides is 2. The van der Waals surface area contributed by atoms with Crippen LogP contribution in [0.5, 0.6) is 0 Å². The van der Waals surface area contributed by atoms with Crippen molar-refractivity contribution < 1.29 is 18.4 Å². The molecule has 0 saturated heterocycles. The van der Waals surface area contributed by atoms with Gasteiger partial charge in [0.1, 0.15) is 22.3 Å². The van der Waals surface area contributed by atoms with Crippen LogP contribution in [0, 0.1) is 13.8 Å². The molecule has 5 aromatic carbocycles. The van der Waals surface area contributed by atoms with Crippen LogP contribution in [-0.4, -0.2) is 11.8 Å². The minimum atomic E-state index is -0.748. The van der Waals surface area contributed by atoms with E-state index in [0.29, 0.717) is 33.3 Å². The molecule has 44 heavy (non-hydrogen) atoms. The third-order valence-electron chi connectivity index (χ3n) is 7.67. The molecule has 0 aliphatic carbocycles. The van der Waals surface area contributed by atoms with Crippen LogP contribution in [-0.2, 0) is 0 Å². The van der Waals surface area contributed by atoms with Crippen LogP contribution < -0.4 is 21.9 Å². The van der Waals surface area contributed by atoms with E-state index in [0.717, 1.165) is 32.7 Å². The molecule has 0 aliphatic heterocycles. The predicted octanol–water partition coefficient (Wildman–Crippen LogP) is 7.33. The maximum absolute atomic E-state index is 13.1. The van der Waals surface area contributed by atoms with Crippen LogP contribution in [0.2, 0.25) is 0 Å². The zero-order chi connectivity index (χ0) is 30.5. The number of carbonyl (C=O) groups excluding carboxylic acids is 2. The van der Waals surface area contributed by atoms with E-state index in [2.05, 4.69) is 10.6 Å². The van der Waals surface area contributed by atoms with E-state index in [1.54, 1.807) is 48.5 Å². The molecule has 7 rings (SSSR count). The van der Waals surface area contributed by atoms with Gasteiger partial charge in [0.15, 0.2) is 0 Å². The number of carbonyl (C=O) groups is 2. The van der Waals surface area contributed by atoms with Crippen molar-refractivity contribution in [1.82, 2.24) is 0 Å². The monoisotopic (exact) mass is 580 g/mol. The Morgan fingerprint density at radius 3 is 1.32 bits per heavy atom. The average Bonchev–Trinajstić information content (AvgIpc) is 3.00. The van der Waals surface area contributed by atoms with Gasteiger partial charge >= 0.3 is 11.3 Å². The molecule has 0 fully saturated rings. The highest BCUT2D eigenvalue weighted by Crippen LogP contribution is 2.28. The van der Waals surface area contributed by atoms with Gasteiger partial charge in [-0.2, -0.15) is 0 Å². The highest BCUT2D eigenvalue weighted by atomic mass is 16.4. The second-order valence-corrected chi connectivity index (χ2v) is 10.8. The minimum absolute atomic E-state index is 0.131. The van der Waals surface area contributed by atoms with Gasteiger partial charge in [-0.15, -0.1) is 0 Å². The molecule has 0 atom stereocenters. The Morgan fingerprint density at radius 1 is 0.500 bits per heavy atom. The Hall–Kier alpha value is -6.02. The number of rotatable bonds is 4. The zero-order valence-electron chi connectivity index (χ0n) is 23.7. The number of aryl methyl sites for hydroxylation is 2. The number of hydrogen-bond donors (Lipinski definition) is 2. The summed E-state index contributed by atoms with van der Waals surface area (Å²) in [5, 5.41) is 10.4. The lowest BCUT2D eigenvalue weighted by molar-refractivity contribution is 0.101. The van der Waals surface area contributed by atoms with Gasteiger partial charge in [0.2, 0.25) is 0 Å². The molecule has 0 unspecified atom stereocenters. The lowest BCUT2D eigenvalue weighted by Gasteiger charge is -2.09. The van der Waals surface area contributed by atoms with Crippen molar-refractivity contribution in [2.24, 2.45) is 0 Å². The topological polar surface area (TPSA) is 119 Å². The molecule has 0 spiro atoms. The molecule has 2 N–H and O–H groups in total. The SMILES string of the molecule is Cc1ccc2c(ccc3oc(=O)c(C(=O)Nc4ccc(NC(=O)c5cc6c(ccc7cc(C)ccc76)oc5=O)cc4)cc32)c1. The molecule has 214 valence electrons. The first-order chi connectivity index (χ1) is 21.2. The maximum atomic E-state index is 13.1. The van der Waals surface area contributed by atoms with Crippen LogP contribution in [0.1, 0.15) is 31.8 Å². The van der Waals surface area contributed by atoms with E-state index in [1.165, 1.54) is 0 Å². The lowest BCUT2D eigenvalue weighted by Crippen LogP contribution is -2.21. The summed E-state index contributed by atoms with van der Waals surface area (Å²) in [5.41, 5.74) is 2.01. The molecular formula is C36H24N2O6. The summed E-state index contributed by atoms with van der Waals surface area (Å²) in [5.74, 6) is -1.25. The summed E-state index contributed by atoms with van der Waals surface area (Å²) in [6, 6.07) is 28.4. The number of benzene rings is 5. The molecule has 8 heteroatoms. The van der Waals surface area contributed by atoms with Gasteiger partial charge in [0, 0.05) is 22.1 Å². The van der Waals surface area contributed by atoms with Gasteiger partial charge < -0.3 is 19.5 Å². The number of nitrogens with one attached hydrogen (secondary N) is 2. The molecule has 0 aliphatic rings. The molecule has 0 bridgehead atoms. The van der Waals surface area contributed by atoms with E-state index >= 15 is 0 Å². The van der Waals surface area contributed by atoms with Crippen LogP contribution in [0.4, 0.5) is 11.4 Å². The summed E-state index contributed by atoms with van der Waals surface area (Å²) in [4.78, 5) is 51.5. The smallest absolute Gasteiger partial charge is 0.349 e. The lowest BCUT2D eigenvalue weighted by atomic mass is 10.0. The summed E-state index contributed by atoms with van der Waals surface area (Å²) >= 11 is 0. The molecule has 8 nitrogen and oxygen atoms in total. The first-order valence-corrected chi connectivity index (χ1v) is 13.9. The van der Waals surface area contributed by atoms with Crippen molar-refractivity contribution in [1.29, 1.82) is 0 Å². The Labute approximate surface area is 249 Å². The second-order valence-electron chi connectivity index (χ2n) is 10.8. The first kappa shape index (κ1) is 26.9. The van der Waals surface area contributed by atoms with Gasteiger partial charge in [-0.1, -0.05) is 59.7 Å². The third-order valence-corrected chi connectivity index (χ3v) is 7.67. The quantitative estimate of drug-likeness (QED) is 0.166. The number of anilines is 2. The molecule has 2 heterocycles. The number of fused-ring (bicyclic) bond motifs is 6. The predicted molar refractivity (Wildman–Crippen MR) is 172 cm³/mol. The van der Waals surface area contributed by atoms with Gasteiger partial charge in [-0.3, -0.25) is 9.59 Å². The summed E-state index contributed by atoms with van der Waals surface area (Å²) < 4.78 is 10.9. The van der Waals surface area contributed by atoms with E-state index < -0.39 is 23.1 Å². The van der Waals surface area contributed by atoms with E-state index in [9.17, 15) is 19.2 Å². The maximum Gasteiger partial charge on any atom is 0.349 e. The molecule has 0 radical (unpaired) electrons. The third kappa shape index (κ3) is 4.78. The van der Waals surface area contributed by atoms with Crippen LogP contribution in [0.25, 0.3) is 43.5 Å². The fourth-order valence-electron chi connectivity index (χ4n) is 5.45. The van der Waals surface area contributed by atoms with Crippen molar-refractivity contribution in [3.63, 3.8) is 0 Å². The summed E-state index contributed by atoms with van der Waals surface area (Å²) in [6.07, 6.45) is 0. The molecule has 2 amide bonds. The Morgan fingerprint density at radius 2 is 0.909 bits per heavy atom. The van der Waals surface area contributed by atoms with Gasteiger partial charge in [0.05, 0.1) is 0 Å². The normalized spacial score (nSPS) is 11.3. The van der Waals surface area contributed by atoms with Gasteiger partial charge in [0.25, 0.3) is 11.8 Å². The zero-order valence-corrected chi connectivity index (χ0v) is 23.7. The van der Waals surface area contributed by atoms with Crippen molar-refractivity contribution in [3.05, 3.63) is 140 Å².